The third kappa shape index (κ3) is 3.27. The highest BCUT2D eigenvalue weighted by Crippen LogP contribution is 2.15. The lowest BCUT2D eigenvalue weighted by Crippen LogP contribution is -2.31. The van der Waals surface area contributed by atoms with Crippen molar-refractivity contribution in [3.63, 3.8) is 0 Å². The van der Waals surface area contributed by atoms with E-state index in [1.165, 1.54) is 38.2 Å². The summed E-state index contributed by atoms with van der Waals surface area (Å²) < 4.78 is 0. The fourth-order valence-electron chi connectivity index (χ4n) is 2.13. The summed E-state index contributed by atoms with van der Waals surface area (Å²) in [6.45, 7) is 9.06. The molecule has 0 spiro atoms. The van der Waals surface area contributed by atoms with Gasteiger partial charge in [0.1, 0.15) is 0 Å². The molecule has 0 aromatic carbocycles. The Morgan fingerprint density at radius 1 is 1.50 bits per heavy atom. The van der Waals surface area contributed by atoms with E-state index in [1.807, 2.05) is 0 Å². The van der Waals surface area contributed by atoms with Crippen LogP contribution in [0.1, 0.15) is 36.5 Å². The van der Waals surface area contributed by atoms with Crippen LogP contribution in [0.25, 0.3) is 0 Å². The molecule has 16 heavy (non-hydrogen) atoms. The van der Waals surface area contributed by atoms with Gasteiger partial charge in [0.25, 0.3) is 0 Å². The maximum Gasteiger partial charge on any atom is 0.0898 e. The van der Waals surface area contributed by atoms with Gasteiger partial charge < -0.3 is 10.2 Å². The van der Waals surface area contributed by atoms with Gasteiger partial charge >= 0.3 is 0 Å². The molecule has 90 valence electrons. The molecule has 2 heterocycles. The Morgan fingerprint density at radius 3 is 2.88 bits per heavy atom. The molecule has 0 aliphatic carbocycles. The van der Waals surface area contributed by atoms with Crippen LogP contribution in [-0.2, 0) is 0 Å². The van der Waals surface area contributed by atoms with Crippen LogP contribution in [-0.4, -0.2) is 36.1 Å². The Balaban J connectivity index is 1.69. The molecule has 1 N–H and O–H groups in total. The Labute approximate surface area is 102 Å². The molecule has 1 aliphatic heterocycles. The summed E-state index contributed by atoms with van der Waals surface area (Å²) in [4.78, 5) is 7.04. The zero-order valence-electron chi connectivity index (χ0n) is 10.2. The van der Waals surface area contributed by atoms with Crippen LogP contribution < -0.4 is 5.32 Å². The number of hydrogen-bond donors (Lipinski definition) is 1. The number of rotatable bonds is 5. The standard InChI is InChI=1S/C12H21N3S/c1-10(12-9-16-11(2)14-12)13-5-8-15-6-3-4-7-15/h9-10,13H,3-8H2,1-2H3. The van der Waals surface area contributed by atoms with Gasteiger partial charge in [-0.3, -0.25) is 0 Å². The van der Waals surface area contributed by atoms with Gasteiger partial charge in [0, 0.05) is 24.5 Å². The van der Waals surface area contributed by atoms with Crippen LogP contribution in [0.15, 0.2) is 5.38 Å². The average molecular weight is 239 g/mol. The SMILES string of the molecule is Cc1nc(C(C)NCCN2CCCC2)cs1. The van der Waals surface area contributed by atoms with Crippen LogP contribution in [0.4, 0.5) is 0 Å². The van der Waals surface area contributed by atoms with Crippen molar-refractivity contribution in [1.29, 1.82) is 0 Å². The van der Waals surface area contributed by atoms with E-state index >= 15 is 0 Å². The second-order valence-corrected chi connectivity index (χ2v) is 5.58. The highest BCUT2D eigenvalue weighted by molar-refractivity contribution is 7.09. The lowest BCUT2D eigenvalue weighted by molar-refractivity contribution is 0.329. The first-order valence-corrected chi connectivity index (χ1v) is 7.01. The van der Waals surface area contributed by atoms with Gasteiger partial charge in [-0.1, -0.05) is 0 Å². The van der Waals surface area contributed by atoms with Crippen molar-refractivity contribution in [2.45, 2.75) is 32.7 Å². The summed E-state index contributed by atoms with van der Waals surface area (Å²) in [5, 5.41) is 6.85. The minimum Gasteiger partial charge on any atom is -0.308 e. The van der Waals surface area contributed by atoms with E-state index in [4.69, 9.17) is 0 Å². The van der Waals surface area contributed by atoms with Gasteiger partial charge in [0.15, 0.2) is 0 Å². The molecular weight excluding hydrogens is 218 g/mol. The van der Waals surface area contributed by atoms with Crippen molar-refractivity contribution in [2.75, 3.05) is 26.2 Å². The maximum absolute atomic E-state index is 4.50. The molecule has 0 radical (unpaired) electrons. The topological polar surface area (TPSA) is 28.2 Å². The number of nitrogens with one attached hydrogen (secondary N) is 1. The van der Waals surface area contributed by atoms with E-state index in [9.17, 15) is 0 Å². The molecule has 0 bridgehead atoms. The predicted molar refractivity (Wildman–Crippen MR) is 68.9 cm³/mol. The third-order valence-electron chi connectivity index (χ3n) is 3.16. The molecule has 2 rings (SSSR count). The third-order valence-corrected chi connectivity index (χ3v) is 3.95. The average Bonchev–Trinajstić information content (AvgIpc) is 2.89. The first kappa shape index (κ1) is 12.0. The molecular formula is C12H21N3S. The number of likely N-dealkylation sites (tertiary alicyclic amines) is 1. The second kappa shape index (κ2) is 5.75. The molecule has 1 saturated heterocycles. The molecule has 1 aromatic rings. The van der Waals surface area contributed by atoms with Crippen LogP contribution in [0.2, 0.25) is 0 Å². The van der Waals surface area contributed by atoms with E-state index < -0.39 is 0 Å². The summed E-state index contributed by atoms with van der Waals surface area (Å²) >= 11 is 1.73. The number of nitrogens with zero attached hydrogens (tertiary/aromatic N) is 2. The lowest BCUT2D eigenvalue weighted by Gasteiger charge is -2.17. The Hall–Kier alpha value is -0.450. The number of aryl methyl sites for hydroxylation is 1. The summed E-state index contributed by atoms with van der Waals surface area (Å²) in [5.74, 6) is 0. The quantitative estimate of drug-likeness (QED) is 0.854. The summed E-state index contributed by atoms with van der Waals surface area (Å²) in [5.41, 5.74) is 1.18. The zero-order valence-corrected chi connectivity index (χ0v) is 11.0. The van der Waals surface area contributed by atoms with Gasteiger partial charge in [-0.25, -0.2) is 4.98 Å². The number of thiazole rings is 1. The van der Waals surface area contributed by atoms with Crippen molar-refractivity contribution in [3.05, 3.63) is 16.1 Å². The minimum absolute atomic E-state index is 0.382. The molecule has 4 heteroatoms. The predicted octanol–water partition coefficient (Wildman–Crippen LogP) is 2.20. The monoisotopic (exact) mass is 239 g/mol. The Kier molecular flexibility index (Phi) is 4.32. The first-order valence-electron chi connectivity index (χ1n) is 6.13. The van der Waals surface area contributed by atoms with Gasteiger partial charge in [-0.15, -0.1) is 11.3 Å². The summed E-state index contributed by atoms with van der Waals surface area (Å²) in [6.07, 6.45) is 2.75. The largest absolute Gasteiger partial charge is 0.308 e. The number of aromatic nitrogens is 1. The van der Waals surface area contributed by atoms with Crippen molar-refractivity contribution in [1.82, 2.24) is 15.2 Å². The van der Waals surface area contributed by atoms with E-state index in [0.717, 1.165) is 11.6 Å². The lowest BCUT2D eigenvalue weighted by atomic mass is 10.2. The van der Waals surface area contributed by atoms with Crippen LogP contribution in [0.3, 0.4) is 0 Å². The number of hydrogen-bond acceptors (Lipinski definition) is 4. The van der Waals surface area contributed by atoms with E-state index in [-0.39, 0.29) is 0 Å². The minimum atomic E-state index is 0.382. The highest BCUT2D eigenvalue weighted by atomic mass is 32.1. The van der Waals surface area contributed by atoms with Crippen molar-refractivity contribution < 1.29 is 0 Å². The molecule has 1 fully saturated rings. The van der Waals surface area contributed by atoms with E-state index in [2.05, 4.69) is 34.4 Å². The molecule has 1 aliphatic rings. The summed E-state index contributed by atoms with van der Waals surface area (Å²) in [7, 11) is 0. The molecule has 1 unspecified atom stereocenters. The van der Waals surface area contributed by atoms with Gasteiger partial charge in [-0.2, -0.15) is 0 Å². The normalized spacial score (nSPS) is 19.1. The molecule has 1 atom stereocenters. The van der Waals surface area contributed by atoms with E-state index in [0.29, 0.717) is 6.04 Å². The highest BCUT2D eigenvalue weighted by Gasteiger charge is 2.12. The second-order valence-electron chi connectivity index (χ2n) is 4.52. The zero-order chi connectivity index (χ0) is 11.4. The van der Waals surface area contributed by atoms with Crippen molar-refractivity contribution >= 4 is 11.3 Å². The van der Waals surface area contributed by atoms with Gasteiger partial charge in [0.05, 0.1) is 10.7 Å². The first-order chi connectivity index (χ1) is 7.75. The van der Waals surface area contributed by atoms with Crippen LogP contribution in [0.5, 0.6) is 0 Å². The van der Waals surface area contributed by atoms with Crippen LogP contribution >= 0.6 is 11.3 Å². The Morgan fingerprint density at radius 2 is 2.25 bits per heavy atom. The van der Waals surface area contributed by atoms with Crippen molar-refractivity contribution in [3.8, 4) is 0 Å². The molecule has 3 nitrogen and oxygen atoms in total. The molecule has 0 amide bonds. The fraction of sp³-hybridized carbons (Fsp3) is 0.750. The maximum atomic E-state index is 4.50. The molecule has 0 saturated carbocycles. The summed E-state index contributed by atoms with van der Waals surface area (Å²) in [6, 6.07) is 0.382. The van der Waals surface area contributed by atoms with Gasteiger partial charge in [-0.05, 0) is 39.8 Å². The molecule has 1 aromatic heterocycles. The van der Waals surface area contributed by atoms with E-state index in [1.54, 1.807) is 11.3 Å². The van der Waals surface area contributed by atoms with Crippen molar-refractivity contribution in [2.24, 2.45) is 0 Å². The fourth-order valence-corrected chi connectivity index (χ4v) is 2.84. The smallest absolute Gasteiger partial charge is 0.0898 e. The Bertz CT molecular complexity index is 318. The van der Waals surface area contributed by atoms with Gasteiger partial charge in [0.2, 0.25) is 0 Å². The van der Waals surface area contributed by atoms with Crippen LogP contribution in [0, 0.1) is 6.92 Å².